The summed E-state index contributed by atoms with van der Waals surface area (Å²) in [6.45, 7) is 4.02. The molecule has 0 aliphatic carbocycles. The van der Waals surface area contributed by atoms with E-state index in [9.17, 15) is 4.79 Å². The fraction of sp³-hybridized carbons (Fsp3) is 0.214. The van der Waals surface area contributed by atoms with E-state index in [-0.39, 0.29) is 5.91 Å². The number of halogens is 1. The Labute approximate surface area is 125 Å². The van der Waals surface area contributed by atoms with Crippen LogP contribution in [0.5, 0.6) is 0 Å². The summed E-state index contributed by atoms with van der Waals surface area (Å²) in [5.74, 6) is -0.109. The fourth-order valence-electron chi connectivity index (χ4n) is 1.76. The van der Waals surface area contributed by atoms with Gasteiger partial charge in [-0.15, -0.1) is 11.3 Å². The predicted molar refractivity (Wildman–Crippen MR) is 84.9 cm³/mol. The lowest BCUT2D eigenvalue weighted by atomic mass is 10.1. The number of rotatable bonds is 3. The molecule has 0 spiro atoms. The number of hydrogen-bond acceptors (Lipinski definition) is 3. The van der Waals surface area contributed by atoms with Gasteiger partial charge in [-0.1, -0.05) is 13.0 Å². The van der Waals surface area contributed by atoms with Crippen molar-refractivity contribution in [2.24, 2.45) is 0 Å². The summed E-state index contributed by atoms with van der Waals surface area (Å²) in [6.07, 6.45) is 0.886. The van der Waals surface area contributed by atoms with Gasteiger partial charge in [0, 0.05) is 11.4 Å². The molecule has 0 fully saturated rings. The van der Waals surface area contributed by atoms with Gasteiger partial charge in [0.25, 0.3) is 5.91 Å². The Bertz CT molecular complexity index is 602. The third-order valence-electron chi connectivity index (χ3n) is 2.87. The Hall–Kier alpha value is -1.33. The number of carbonyl (C=O) groups excluding carboxylic acids is 1. The normalized spacial score (nSPS) is 10.5. The van der Waals surface area contributed by atoms with E-state index in [1.807, 2.05) is 25.1 Å². The summed E-state index contributed by atoms with van der Waals surface area (Å²) in [4.78, 5) is 12.8. The largest absolute Gasteiger partial charge is 0.398 e. The van der Waals surface area contributed by atoms with Gasteiger partial charge in [0.1, 0.15) is 0 Å². The lowest BCUT2D eigenvalue weighted by molar-refractivity contribution is 0.103. The molecule has 0 saturated heterocycles. The van der Waals surface area contributed by atoms with Gasteiger partial charge in [-0.25, -0.2) is 0 Å². The van der Waals surface area contributed by atoms with E-state index in [0.29, 0.717) is 10.6 Å². The van der Waals surface area contributed by atoms with Crippen LogP contribution in [0.4, 0.5) is 11.4 Å². The number of aryl methyl sites for hydroxylation is 2. The zero-order valence-electron chi connectivity index (χ0n) is 10.8. The van der Waals surface area contributed by atoms with Crippen molar-refractivity contribution in [1.29, 1.82) is 0 Å². The molecule has 5 heteroatoms. The second kappa shape index (κ2) is 5.75. The summed E-state index contributed by atoms with van der Waals surface area (Å²) >= 11 is 4.85. The predicted octanol–water partition coefficient (Wildman–Crippen LogP) is 4.22. The van der Waals surface area contributed by atoms with Crippen molar-refractivity contribution >= 4 is 44.5 Å². The molecule has 0 aliphatic heterocycles. The van der Waals surface area contributed by atoms with Crippen molar-refractivity contribution in [2.45, 2.75) is 20.3 Å². The summed E-state index contributed by atoms with van der Waals surface area (Å²) in [7, 11) is 0. The highest BCUT2D eigenvalue weighted by molar-refractivity contribution is 9.11. The van der Waals surface area contributed by atoms with E-state index >= 15 is 0 Å². The van der Waals surface area contributed by atoms with E-state index in [1.54, 1.807) is 6.07 Å². The molecular formula is C14H15BrN2OS. The minimum Gasteiger partial charge on any atom is -0.398 e. The minimum absolute atomic E-state index is 0.109. The van der Waals surface area contributed by atoms with E-state index in [4.69, 9.17) is 5.73 Å². The lowest BCUT2D eigenvalue weighted by Gasteiger charge is -2.07. The van der Waals surface area contributed by atoms with Crippen LogP contribution >= 0.6 is 27.3 Å². The molecule has 1 amide bonds. The second-order valence-electron chi connectivity index (χ2n) is 4.29. The average molecular weight is 339 g/mol. The Kier molecular flexibility index (Phi) is 4.27. The van der Waals surface area contributed by atoms with Crippen LogP contribution in [0.1, 0.15) is 27.7 Å². The molecular weight excluding hydrogens is 324 g/mol. The SMILES string of the molecule is CCc1ccc(NC(=O)c2cc(C)c(Br)s2)cc1N. The zero-order chi connectivity index (χ0) is 14.0. The van der Waals surface area contributed by atoms with Crippen LogP contribution in [0.15, 0.2) is 28.1 Å². The number of carbonyl (C=O) groups is 1. The number of benzene rings is 1. The molecule has 19 heavy (non-hydrogen) atoms. The first kappa shape index (κ1) is 14.1. The summed E-state index contributed by atoms with van der Waals surface area (Å²) in [6, 6.07) is 7.49. The van der Waals surface area contributed by atoms with Crippen LogP contribution in [0.3, 0.4) is 0 Å². The molecule has 1 heterocycles. The Morgan fingerprint density at radius 1 is 1.42 bits per heavy atom. The van der Waals surface area contributed by atoms with Gasteiger partial charge in [0.05, 0.1) is 8.66 Å². The van der Waals surface area contributed by atoms with Crippen LogP contribution in [0.2, 0.25) is 0 Å². The molecule has 0 radical (unpaired) electrons. The quantitative estimate of drug-likeness (QED) is 0.823. The molecule has 2 rings (SSSR count). The number of anilines is 2. The highest BCUT2D eigenvalue weighted by Gasteiger charge is 2.11. The smallest absolute Gasteiger partial charge is 0.265 e. The van der Waals surface area contributed by atoms with Crippen molar-refractivity contribution in [3.8, 4) is 0 Å². The highest BCUT2D eigenvalue weighted by atomic mass is 79.9. The number of amides is 1. The van der Waals surface area contributed by atoms with Crippen LogP contribution in [0.25, 0.3) is 0 Å². The first-order valence-electron chi connectivity index (χ1n) is 5.97. The van der Waals surface area contributed by atoms with Gasteiger partial charge >= 0.3 is 0 Å². The Morgan fingerprint density at radius 2 is 2.16 bits per heavy atom. The molecule has 0 unspecified atom stereocenters. The van der Waals surface area contributed by atoms with Gasteiger partial charge in [0.2, 0.25) is 0 Å². The van der Waals surface area contributed by atoms with Crippen LogP contribution < -0.4 is 11.1 Å². The first-order chi connectivity index (χ1) is 9.01. The second-order valence-corrected chi connectivity index (χ2v) is 6.66. The molecule has 0 saturated carbocycles. The Balaban J connectivity index is 2.17. The summed E-state index contributed by atoms with van der Waals surface area (Å²) in [5.41, 5.74) is 9.51. The van der Waals surface area contributed by atoms with Crippen molar-refractivity contribution < 1.29 is 4.79 Å². The van der Waals surface area contributed by atoms with E-state index in [1.165, 1.54) is 11.3 Å². The molecule has 3 N–H and O–H groups in total. The molecule has 0 aliphatic rings. The van der Waals surface area contributed by atoms with E-state index in [2.05, 4.69) is 28.2 Å². The van der Waals surface area contributed by atoms with Gasteiger partial charge < -0.3 is 11.1 Å². The van der Waals surface area contributed by atoms with Gasteiger partial charge in [-0.3, -0.25) is 4.79 Å². The molecule has 0 bridgehead atoms. The van der Waals surface area contributed by atoms with E-state index in [0.717, 1.165) is 27.0 Å². The number of nitrogens with one attached hydrogen (secondary N) is 1. The molecule has 1 aromatic heterocycles. The molecule has 2 aromatic rings. The topological polar surface area (TPSA) is 55.1 Å². The molecule has 100 valence electrons. The molecule has 3 nitrogen and oxygen atoms in total. The average Bonchev–Trinajstić information content (AvgIpc) is 2.70. The maximum Gasteiger partial charge on any atom is 0.265 e. The van der Waals surface area contributed by atoms with Crippen molar-refractivity contribution in [3.63, 3.8) is 0 Å². The standard InChI is InChI=1S/C14H15BrN2OS/c1-3-9-4-5-10(7-11(9)16)17-14(18)12-6-8(2)13(15)19-12/h4-7H,3,16H2,1-2H3,(H,17,18). The van der Waals surface area contributed by atoms with Crippen LogP contribution in [-0.2, 0) is 6.42 Å². The van der Waals surface area contributed by atoms with Crippen molar-refractivity contribution in [2.75, 3.05) is 11.1 Å². The van der Waals surface area contributed by atoms with Crippen molar-refractivity contribution in [3.05, 3.63) is 44.1 Å². The monoisotopic (exact) mass is 338 g/mol. The van der Waals surface area contributed by atoms with E-state index < -0.39 is 0 Å². The number of nitrogens with two attached hydrogens (primary N) is 1. The van der Waals surface area contributed by atoms with Gasteiger partial charge in [-0.05, 0) is 58.6 Å². The highest BCUT2D eigenvalue weighted by Crippen LogP contribution is 2.28. The summed E-state index contributed by atoms with van der Waals surface area (Å²) < 4.78 is 0.985. The van der Waals surface area contributed by atoms with Gasteiger partial charge in [0.15, 0.2) is 0 Å². The minimum atomic E-state index is -0.109. The number of nitrogen functional groups attached to an aromatic ring is 1. The lowest BCUT2D eigenvalue weighted by Crippen LogP contribution is -2.10. The third-order valence-corrected chi connectivity index (χ3v) is 5.00. The molecule has 0 atom stereocenters. The first-order valence-corrected chi connectivity index (χ1v) is 7.58. The summed E-state index contributed by atoms with van der Waals surface area (Å²) in [5, 5.41) is 2.86. The fourth-order valence-corrected chi connectivity index (χ4v) is 3.19. The number of thiophene rings is 1. The molecule has 1 aromatic carbocycles. The van der Waals surface area contributed by atoms with Crippen LogP contribution in [0, 0.1) is 6.92 Å². The Morgan fingerprint density at radius 3 is 2.68 bits per heavy atom. The maximum atomic E-state index is 12.1. The maximum absolute atomic E-state index is 12.1. The van der Waals surface area contributed by atoms with Crippen LogP contribution in [-0.4, -0.2) is 5.91 Å². The zero-order valence-corrected chi connectivity index (χ0v) is 13.2. The van der Waals surface area contributed by atoms with Crippen molar-refractivity contribution in [1.82, 2.24) is 0 Å². The third kappa shape index (κ3) is 3.16. The number of hydrogen-bond donors (Lipinski definition) is 2. The van der Waals surface area contributed by atoms with Gasteiger partial charge in [-0.2, -0.15) is 0 Å².